The molecule has 1 aromatic heterocycles. The van der Waals surface area contributed by atoms with E-state index in [9.17, 15) is 10.1 Å². The average molecular weight is 276 g/mol. The molecular weight excluding hydrogens is 260 g/mol. The maximum absolute atomic E-state index is 10.7. The van der Waals surface area contributed by atoms with Gasteiger partial charge in [0, 0.05) is 30.9 Å². The summed E-state index contributed by atoms with van der Waals surface area (Å²) in [6, 6.07) is 4.49. The van der Waals surface area contributed by atoms with Gasteiger partial charge in [0.1, 0.15) is 5.75 Å². The summed E-state index contributed by atoms with van der Waals surface area (Å²) in [7, 11) is 1.49. The first-order chi connectivity index (χ1) is 9.63. The van der Waals surface area contributed by atoms with Crippen LogP contribution in [0.5, 0.6) is 5.75 Å². The molecule has 1 aromatic carbocycles. The van der Waals surface area contributed by atoms with E-state index in [4.69, 9.17) is 4.74 Å². The summed E-state index contributed by atoms with van der Waals surface area (Å²) in [5.41, 5.74) is 1.75. The van der Waals surface area contributed by atoms with Crippen molar-refractivity contribution >= 4 is 11.4 Å². The van der Waals surface area contributed by atoms with Crippen LogP contribution < -0.4 is 10.1 Å². The molecule has 0 aliphatic carbocycles. The highest BCUT2D eigenvalue weighted by molar-refractivity contribution is 5.60. The van der Waals surface area contributed by atoms with E-state index in [2.05, 4.69) is 10.4 Å². The Labute approximate surface area is 116 Å². The van der Waals surface area contributed by atoms with Gasteiger partial charge < -0.3 is 10.1 Å². The number of non-ortho nitro benzene ring substituents is 1. The number of hydrogen-bond acceptors (Lipinski definition) is 5. The number of methoxy groups -OCH3 is 1. The maximum atomic E-state index is 10.7. The Bertz CT molecular complexity index is 609. The average Bonchev–Trinajstić information content (AvgIpc) is 2.92. The topological polar surface area (TPSA) is 82.2 Å². The number of ether oxygens (including phenoxy) is 1. The van der Waals surface area contributed by atoms with Crippen molar-refractivity contribution in [3.05, 3.63) is 46.3 Å². The van der Waals surface area contributed by atoms with Gasteiger partial charge >= 0.3 is 0 Å². The zero-order valence-electron chi connectivity index (χ0n) is 11.4. The molecule has 0 amide bonds. The van der Waals surface area contributed by atoms with Crippen LogP contribution in [0, 0.1) is 10.1 Å². The van der Waals surface area contributed by atoms with E-state index in [1.807, 2.05) is 17.8 Å². The number of aromatic nitrogens is 2. The largest absolute Gasteiger partial charge is 0.494 e. The molecule has 20 heavy (non-hydrogen) atoms. The predicted octanol–water partition coefficient (Wildman–Crippen LogP) is 2.43. The summed E-state index contributed by atoms with van der Waals surface area (Å²) in [5.74, 6) is 0.446. The lowest BCUT2D eigenvalue weighted by Gasteiger charge is -2.10. The first kappa shape index (κ1) is 13.9. The van der Waals surface area contributed by atoms with Crippen LogP contribution in [0.25, 0.3) is 0 Å². The molecule has 0 atom stereocenters. The van der Waals surface area contributed by atoms with Gasteiger partial charge in [-0.25, -0.2) is 0 Å². The summed E-state index contributed by atoms with van der Waals surface area (Å²) in [4.78, 5) is 10.3. The lowest BCUT2D eigenvalue weighted by atomic mass is 10.2. The molecule has 0 aliphatic rings. The van der Waals surface area contributed by atoms with Crippen molar-refractivity contribution in [2.75, 3.05) is 12.4 Å². The van der Waals surface area contributed by atoms with Gasteiger partial charge in [0.15, 0.2) is 0 Å². The monoisotopic (exact) mass is 276 g/mol. The number of hydrogen-bond donors (Lipinski definition) is 1. The Morgan fingerprint density at radius 1 is 1.50 bits per heavy atom. The number of benzene rings is 1. The third-order valence-electron chi connectivity index (χ3n) is 2.89. The molecule has 0 unspecified atom stereocenters. The zero-order valence-corrected chi connectivity index (χ0v) is 11.4. The second kappa shape index (κ2) is 6.05. The summed E-state index contributed by atoms with van der Waals surface area (Å²) < 4.78 is 7.00. The van der Waals surface area contributed by atoms with E-state index in [0.29, 0.717) is 18.0 Å². The van der Waals surface area contributed by atoms with Crippen molar-refractivity contribution in [3.63, 3.8) is 0 Å². The van der Waals surface area contributed by atoms with E-state index >= 15 is 0 Å². The summed E-state index contributed by atoms with van der Waals surface area (Å²) in [6.45, 7) is 3.42. The van der Waals surface area contributed by atoms with Gasteiger partial charge in [0.05, 0.1) is 30.0 Å². The second-order valence-corrected chi connectivity index (χ2v) is 4.20. The lowest BCUT2D eigenvalue weighted by Crippen LogP contribution is -2.01. The summed E-state index contributed by atoms with van der Waals surface area (Å²) in [6.07, 6.45) is 3.74. The number of anilines is 1. The molecule has 1 N–H and O–H groups in total. The van der Waals surface area contributed by atoms with E-state index in [0.717, 1.165) is 12.1 Å². The predicted molar refractivity (Wildman–Crippen MR) is 74.9 cm³/mol. The molecule has 0 bridgehead atoms. The van der Waals surface area contributed by atoms with Gasteiger partial charge in [-0.2, -0.15) is 5.10 Å². The zero-order chi connectivity index (χ0) is 14.5. The highest BCUT2D eigenvalue weighted by Gasteiger charge is 2.11. The number of nitro groups is 1. The standard InChI is InChI=1S/C13H16N4O3/c1-3-16-9-10(8-15-16)7-14-12-5-4-11(17(18)19)6-13(12)20-2/h4-6,8-9,14H,3,7H2,1-2H3. The van der Waals surface area contributed by atoms with Crippen LogP contribution in [-0.2, 0) is 13.1 Å². The number of rotatable bonds is 6. The Hall–Kier alpha value is -2.57. The summed E-state index contributed by atoms with van der Waals surface area (Å²) in [5, 5.41) is 18.1. The fraction of sp³-hybridized carbons (Fsp3) is 0.308. The minimum Gasteiger partial charge on any atom is -0.494 e. The maximum Gasteiger partial charge on any atom is 0.273 e. The first-order valence-corrected chi connectivity index (χ1v) is 6.21. The third-order valence-corrected chi connectivity index (χ3v) is 2.89. The normalized spacial score (nSPS) is 10.3. The van der Waals surface area contributed by atoms with Crippen molar-refractivity contribution < 1.29 is 9.66 Å². The van der Waals surface area contributed by atoms with E-state index in [1.54, 1.807) is 12.3 Å². The van der Waals surface area contributed by atoms with E-state index < -0.39 is 4.92 Å². The quantitative estimate of drug-likeness (QED) is 0.647. The van der Waals surface area contributed by atoms with Crippen molar-refractivity contribution in [1.82, 2.24) is 9.78 Å². The van der Waals surface area contributed by atoms with Gasteiger partial charge in [0.25, 0.3) is 5.69 Å². The van der Waals surface area contributed by atoms with Crippen LogP contribution in [0.1, 0.15) is 12.5 Å². The van der Waals surface area contributed by atoms with Gasteiger partial charge in [-0.15, -0.1) is 0 Å². The molecule has 0 radical (unpaired) electrons. The van der Waals surface area contributed by atoms with E-state index in [1.165, 1.54) is 19.2 Å². The van der Waals surface area contributed by atoms with Crippen LogP contribution >= 0.6 is 0 Å². The molecule has 2 rings (SSSR count). The fourth-order valence-corrected chi connectivity index (χ4v) is 1.81. The molecule has 0 fully saturated rings. The Kier molecular flexibility index (Phi) is 4.19. The van der Waals surface area contributed by atoms with Crippen molar-refractivity contribution in [3.8, 4) is 5.75 Å². The fourth-order valence-electron chi connectivity index (χ4n) is 1.81. The van der Waals surface area contributed by atoms with Gasteiger partial charge in [-0.1, -0.05) is 0 Å². The van der Waals surface area contributed by atoms with Crippen molar-refractivity contribution in [2.45, 2.75) is 20.0 Å². The molecule has 0 saturated carbocycles. The molecular formula is C13H16N4O3. The first-order valence-electron chi connectivity index (χ1n) is 6.21. The van der Waals surface area contributed by atoms with Crippen LogP contribution in [0.3, 0.4) is 0 Å². The molecule has 7 nitrogen and oxygen atoms in total. The van der Waals surface area contributed by atoms with Crippen LogP contribution in [0.4, 0.5) is 11.4 Å². The molecule has 0 saturated heterocycles. The minimum atomic E-state index is -0.447. The Morgan fingerprint density at radius 3 is 2.90 bits per heavy atom. The number of nitrogens with zero attached hydrogens (tertiary/aromatic N) is 3. The van der Waals surface area contributed by atoms with Crippen LogP contribution in [0.2, 0.25) is 0 Å². The lowest BCUT2D eigenvalue weighted by molar-refractivity contribution is -0.384. The molecule has 1 heterocycles. The molecule has 106 valence electrons. The third kappa shape index (κ3) is 3.05. The Balaban J connectivity index is 2.10. The second-order valence-electron chi connectivity index (χ2n) is 4.20. The number of aryl methyl sites for hydroxylation is 1. The van der Waals surface area contributed by atoms with E-state index in [-0.39, 0.29) is 5.69 Å². The number of nitro benzene ring substituents is 1. The molecule has 7 heteroatoms. The Morgan fingerprint density at radius 2 is 2.30 bits per heavy atom. The van der Waals surface area contributed by atoms with Gasteiger partial charge in [0.2, 0.25) is 0 Å². The van der Waals surface area contributed by atoms with Crippen molar-refractivity contribution in [1.29, 1.82) is 0 Å². The molecule has 0 spiro atoms. The van der Waals surface area contributed by atoms with Gasteiger partial charge in [-0.3, -0.25) is 14.8 Å². The minimum absolute atomic E-state index is 0.00574. The smallest absolute Gasteiger partial charge is 0.273 e. The summed E-state index contributed by atoms with van der Waals surface area (Å²) >= 11 is 0. The SMILES string of the molecule is CCn1cc(CNc2ccc([N+](=O)[O-])cc2OC)cn1. The highest BCUT2D eigenvalue weighted by Crippen LogP contribution is 2.29. The highest BCUT2D eigenvalue weighted by atomic mass is 16.6. The van der Waals surface area contributed by atoms with Crippen molar-refractivity contribution in [2.24, 2.45) is 0 Å². The molecule has 0 aliphatic heterocycles. The molecule has 2 aromatic rings. The van der Waals surface area contributed by atoms with Crippen LogP contribution in [-0.4, -0.2) is 21.8 Å². The van der Waals surface area contributed by atoms with Gasteiger partial charge in [-0.05, 0) is 13.0 Å². The number of nitrogens with one attached hydrogen (secondary N) is 1. The van der Waals surface area contributed by atoms with Crippen LogP contribution in [0.15, 0.2) is 30.6 Å².